The number of carbonyl (C=O) groups excluding carboxylic acids is 16. The van der Waals surface area contributed by atoms with Crippen molar-refractivity contribution in [2.45, 2.75) is 277 Å². The fraction of sp³-hybridized carbons (Fsp3) is 0.750. The molecule has 648 valence electrons. The van der Waals surface area contributed by atoms with E-state index in [1.807, 2.05) is 0 Å². The van der Waals surface area contributed by atoms with Crippen LogP contribution in [0.4, 0.5) is 0 Å². The molecule has 1 aliphatic rings. The van der Waals surface area contributed by atoms with E-state index in [4.69, 9.17) is 22.9 Å². The van der Waals surface area contributed by atoms with Crippen LogP contribution < -0.4 is 97.4 Å². The predicted octanol–water partition coefficient (Wildman–Crippen LogP) is -7.34. The first kappa shape index (κ1) is 102. The molecule has 1 rings (SSSR count). The summed E-state index contributed by atoms with van der Waals surface area (Å²) in [6, 6.07) is -22.0. The highest BCUT2D eigenvalue weighted by Crippen LogP contribution is 2.22. The molecule has 27 N–H and O–H groups in total. The summed E-state index contributed by atoms with van der Waals surface area (Å²) < 4.78 is 0. The number of hydrogen-bond donors (Lipinski definition) is 23. The van der Waals surface area contributed by atoms with Crippen molar-refractivity contribution in [2.75, 3.05) is 39.4 Å². The van der Waals surface area contributed by atoms with Gasteiger partial charge < -0.3 is 128 Å². The number of aliphatic hydroxyl groups is 3. The van der Waals surface area contributed by atoms with Gasteiger partial charge in [0, 0.05) is 13.0 Å². The summed E-state index contributed by atoms with van der Waals surface area (Å²) >= 11 is 0. The number of likely N-dealkylation sites (tertiary alicyclic amines) is 1. The molecule has 0 unspecified atom stereocenters. The Hall–Kier alpha value is -9.78. The van der Waals surface area contributed by atoms with Crippen LogP contribution >= 0.6 is 0 Å². The van der Waals surface area contributed by atoms with Crippen LogP contribution in [0.1, 0.15) is 180 Å². The van der Waals surface area contributed by atoms with Gasteiger partial charge in [-0.05, 0) is 134 Å². The van der Waals surface area contributed by atoms with Gasteiger partial charge in [-0.1, -0.05) is 75.7 Å². The monoisotopic (exact) mass is 1630 g/mol. The van der Waals surface area contributed by atoms with Crippen LogP contribution in [0.5, 0.6) is 0 Å². The lowest BCUT2D eigenvalue weighted by Crippen LogP contribution is -2.63. The quantitative estimate of drug-likeness (QED) is 0.0252. The molecule has 16 atom stereocenters. The van der Waals surface area contributed by atoms with Crippen LogP contribution in [0, 0.1) is 29.6 Å². The summed E-state index contributed by atoms with van der Waals surface area (Å²) in [6.07, 6.45) is -1.07. The van der Waals surface area contributed by atoms with Crippen molar-refractivity contribution in [1.82, 2.24) is 79.3 Å². The van der Waals surface area contributed by atoms with Gasteiger partial charge >= 0.3 is 11.9 Å². The molecule has 0 aromatic rings. The number of hydrogen-bond acceptors (Lipinski definition) is 24. The molecule has 1 saturated heterocycles. The number of carboxylic acids is 2. The van der Waals surface area contributed by atoms with Crippen molar-refractivity contribution in [2.24, 2.45) is 52.5 Å². The Labute approximate surface area is 663 Å². The fourth-order valence-corrected chi connectivity index (χ4v) is 11.8. The maximum atomic E-state index is 14.3. The van der Waals surface area contributed by atoms with E-state index >= 15 is 0 Å². The molecule has 0 saturated carbocycles. The van der Waals surface area contributed by atoms with Crippen molar-refractivity contribution in [1.29, 1.82) is 0 Å². The molecular formula is C72H127N19O23. The first-order valence-corrected chi connectivity index (χ1v) is 38.6. The molecule has 0 spiro atoms. The van der Waals surface area contributed by atoms with Gasteiger partial charge in [0.25, 0.3) is 0 Å². The van der Waals surface area contributed by atoms with Crippen molar-refractivity contribution in [3.8, 4) is 0 Å². The summed E-state index contributed by atoms with van der Waals surface area (Å²) in [5, 5.41) is 84.6. The Balaban J connectivity index is 3.31. The van der Waals surface area contributed by atoms with Crippen molar-refractivity contribution in [3.63, 3.8) is 0 Å². The predicted molar refractivity (Wildman–Crippen MR) is 410 cm³/mol. The van der Waals surface area contributed by atoms with Crippen LogP contribution in [-0.4, -0.2) is 273 Å². The number of amides is 16. The van der Waals surface area contributed by atoms with Crippen molar-refractivity contribution < 1.29 is 112 Å². The van der Waals surface area contributed by atoms with Gasteiger partial charge in [-0.2, -0.15) is 0 Å². The molecule has 16 amide bonds. The SMILES string of the molecule is CC(C)C[C@H](NC(=O)[C@H](CCCCN)NC(=O)[C@H](CO)NC(=O)[C@@H](N)CCCCN)C(=O)NCC(=O)N[C@@H](CC(=O)O)C(=O)N[C@@H](CC(C)C)C(=O)N[C@H](C(=O)N[C@H](C(=O)N[C@H](C(=O)N[C@@H](CO)C(=O)N[C@@H](CC(C)C)C(=O)N1CCC[C@H]1C(=O)N[C@@H](C)C(=O)N[C@@H](C)C(=O)N[C@@H](CCC(N)=O)C(=O)O)C(C)C)[C@@H](C)O)C(C)C. The number of nitrogens with two attached hydrogens (primary N) is 4. The van der Waals surface area contributed by atoms with Gasteiger partial charge in [0.2, 0.25) is 94.5 Å². The van der Waals surface area contributed by atoms with Gasteiger partial charge in [-0.15, -0.1) is 0 Å². The molecule has 114 heavy (non-hydrogen) atoms. The lowest BCUT2D eigenvalue weighted by atomic mass is 9.98. The average Bonchev–Trinajstić information content (AvgIpc) is 1.65. The third-order valence-electron chi connectivity index (χ3n) is 18.2. The number of rotatable bonds is 54. The zero-order valence-corrected chi connectivity index (χ0v) is 67.6. The number of aliphatic carboxylic acids is 2. The Morgan fingerprint density at radius 3 is 1.31 bits per heavy atom. The third kappa shape index (κ3) is 37.0. The molecule has 0 aliphatic carbocycles. The minimum Gasteiger partial charge on any atom is -0.481 e. The summed E-state index contributed by atoms with van der Waals surface area (Å²) in [4.78, 5) is 242. The van der Waals surface area contributed by atoms with Gasteiger partial charge in [-0.3, -0.25) is 81.5 Å². The van der Waals surface area contributed by atoms with Crippen LogP contribution in [0.25, 0.3) is 0 Å². The number of nitrogens with zero attached hydrogens (tertiary/aromatic N) is 1. The Morgan fingerprint density at radius 2 is 0.825 bits per heavy atom. The largest absolute Gasteiger partial charge is 0.481 e. The topological polar surface area (TPSA) is 684 Å². The van der Waals surface area contributed by atoms with Crippen LogP contribution in [0.3, 0.4) is 0 Å². The molecular weight excluding hydrogens is 1500 g/mol. The van der Waals surface area contributed by atoms with Gasteiger partial charge in [0.1, 0.15) is 84.6 Å². The second-order valence-electron chi connectivity index (χ2n) is 30.5. The Morgan fingerprint density at radius 1 is 0.421 bits per heavy atom. The number of carbonyl (C=O) groups is 18. The highest BCUT2D eigenvalue weighted by molar-refractivity contribution is 6.01. The maximum Gasteiger partial charge on any atom is 0.326 e. The molecule has 1 fully saturated rings. The molecule has 1 heterocycles. The van der Waals surface area contributed by atoms with Crippen LogP contribution in [0.2, 0.25) is 0 Å². The Kier molecular flexibility index (Phi) is 46.5. The molecule has 0 radical (unpaired) electrons. The number of primary amides is 1. The summed E-state index contributed by atoms with van der Waals surface area (Å²) in [7, 11) is 0. The fourth-order valence-electron chi connectivity index (χ4n) is 11.8. The molecule has 1 aliphatic heterocycles. The van der Waals surface area contributed by atoms with E-state index in [1.165, 1.54) is 46.4 Å². The van der Waals surface area contributed by atoms with Gasteiger partial charge in [0.05, 0.1) is 38.3 Å². The number of aliphatic hydroxyl groups excluding tert-OH is 3. The van der Waals surface area contributed by atoms with E-state index in [1.54, 1.807) is 41.5 Å². The van der Waals surface area contributed by atoms with E-state index in [0.29, 0.717) is 38.6 Å². The van der Waals surface area contributed by atoms with E-state index < -0.39 is 241 Å². The summed E-state index contributed by atoms with van der Waals surface area (Å²) in [5.41, 5.74) is 22.3. The van der Waals surface area contributed by atoms with E-state index in [2.05, 4.69) is 74.4 Å². The highest BCUT2D eigenvalue weighted by Gasteiger charge is 2.42. The zero-order chi connectivity index (χ0) is 87.1. The number of carboxylic acid groups (broad SMARTS) is 2. The second kappa shape index (κ2) is 51.9. The zero-order valence-electron chi connectivity index (χ0n) is 67.6. The molecule has 42 heteroatoms. The lowest BCUT2D eigenvalue weighted by molar-refractivity contribution is -0.143. The maximum absolute atomic E-state index is 14.3. The smallest absolute Gasteiger partial charge is 0.326 e. The first-order valence-electron chi connectivity index (χ1n) is 38.6. The molecule has 0 aromatic carbocycles. The minimum atomic E-state index is -1.90. The van der Waals surface area contributed by atoms with Crippen molar-refractivity contribution in [3.05, 3.63) is 0 Å². The Bertz CT molecular complexity index is 3270. The average molecular weight is 1630 g/mol. The van der Waals surface area contributed by atoms with E-state index in [0.717, 1.165) is 6.92 Å². The minimum absolute atomic E-state index is 0.000956. The molecule has 0 aromatic heterocycles. The van der Waals surface area contributed by atoms with E-state index in [-0.39, 0.29) is 82.2 Å². The van der Waals surface area contributed by atoms with Gasteiger partial charge in [-0.25, -0.2) is 4.79 Å². The standard InChI is InChI=1S/C72H127N19O23/c1-34(2)27-45(83-62(103)43(20-15-17-25-74)81-65(106)49(32-92)86-60(101)42(75)19-14-16-24-73)61(102)77-31-53(96)80-47(30-54(97)98)63(104)84-46(28-35(3)4)64(105)88-56(38(9)10)69(110)90-57(41(13)94)70(111)89-55(37(7)8)68(109)87-50(33-93)66(107)85-48(29-36(5)6)71(112)91-26-18-21-51(91)67(108)79-39(11)58(99)78-40(12)59(100)82-44(72(113)114)22-23-52(76)95/h34-51,55-57,92-94H,14-33,73-75H2,1-13H3,(H2,76,95)(H,77,102)(H,78,99)(H,79,108)(H,80,96)(H,81,106)(H,82,100)(H,83,103)(H,84,104)(H,85,107)(H,86,101)(H,87,109)(H,88,105)(H,89,111)(H,90,110)(H,97,98)(H,113,114)/t39-,40-,41+,42-,43-,44-,45-,46-,47-,48-,49-,50-,51-,55-,56-,57-/m0/s1. The van der Waals surface area contributed by atoms with Gasteiger partial charge in [0.15, 0.2) is 0 Å². The molecule has 0 bridgehead atoms. The first-order chi connectivity index (χ1) is 53.2. The second-order valence-corrected chi connectivity index (χ2v) is 30.5. The lowest BCUT2D eigenvalue weighted by Gasteiger charge is -2.31. The van der Waals surface area contributed by atoms with E-state index in [9.17, 15) is 112 Å². The molecule has 42 nitrogen and oxygen atoms in total. The highest BCUT2D eigenvalue weighted by atomic mass is 16.4. The summed E-state index contributed by atoms with van der Waals surface area (Å²) in [6.45, 7) is 17.7. The number of unbranched alkanes of at least 4 members (excludes halogenated alkanes) is 2. The third-order valence-corrected chi connectivity index (χ3v) is 18.2. The summed E-state index contributed by atoms with van der Waals surface area (Å²) in [5.74, 6) is -20.7. The van der Waals surface area contributed by atoms with Crippen molar-refractivity contribution >= 4 is 106 Å². The normalized spacial score (nSPS) is 16.7. The van der Waals surface area contributed by atoms with Crippen LogP contribution in [-0.2, 0) is 86.3 Å². The number of nitrogens with one attached hydrogen (secondary N) is 14. The van der Waals surface area contributed by atoms with Crippen LogP contribution in [0.15, 0.2) is 0 Å².